The number of rotatable bonds is 68. The van der Waals surface area contributed by atoms with E-state index in [2.05, 4.69) is 45.1 Å². The van der Waals surface area contributed by atoms with E-state index < -0.39 is 6.10 Å². The van der Waals surface area contributed by atoms with Crippen LogP contribution in [0.15, 0.2) is 24.3 Å². The van der Waals surface area contributed by atoms with E-state index in [9.17, 15) is 14.4 Å². The number of hydrogen-bond donors (Lipinski definition) is 0. The molecule has 0 N–H and O–H groups in total. The average molecular weight is 1130 g/mol. The van der Waals surface area contributed by atoms with Gasteiger partial charge in [-0.2, -0.15) is 0 Å². The van der Waals surface area contributed by atoms with E-state index in [1.807, 2.05) is 0 Å². The summed E-state index contributed by atoms with van der Waals surface area (Å²) in [5, 5.41) is 0. The summed E-state index contributed by atoms with van der Waals surface area (Å²) < 4.78 is 17.0. The monoisotopic (exact) mass is 1130 g/mol. The third-order valence-corrected chi connectivity index (χ3v) is 16.7. The van der Waals surface area contributed by atoms with Gasteiger partial charge in [-0.1, -0.05) is 373 Å². The van der Waals surface area contributed by atoms with Crippen molar-refractivity contribution >= 4 is 17.9 Å². The third-order valence-electron chi connectivity index (χ3n) is 16.7. The highest BCUT2D eigenvalue weighted by atomic mass is 16.6. The SMILES string of the molecule is CCC/C=C\C/C=C\CCCCCCCC(=O)OCC(COC(=O)CCCCCCCCCCCCCCCCCCCCCCCCCCCCC)OC(=O)CCCCCCCCCCCCCCCCCCCCCCCC. The summed E-state index contributed by atoms with van der Waals surface area (Å²) in [6.07, 6.45) is 85.1. The van der Waals surface area contributed by atoms with Gasteiger partial charge in [0.2, 0.25) is 0 Å². The number of carbonyl (C=O) groups is 3. The molecule has 0 aliphatic carbocycles. The molecule has 1 atom stereocenters. The van der Waals surface area contributed by atoms with Crippen molar-refractivity contribution in [2.75, 3.05) is 13.2 Å². The highest BCUT2D eigenvalue weighted by Crippen LogP contribution is 2.19. The van der Waals surface area contributed by atoms with Gasteiger partial charge in [-0.05, 0) is 44.9 Å². The second kappa shape index (κ2) is 69.4. The topological polar surface area (TPSA) is 78.9 Å². The van der Waals surface area contributed by atoms with E-state index in [4.69, 9.17) is 14.2 Å². The quantitative estimate of drug-likeness (QED) is 0.0261. The number of ether oxygens (including phenoxy) is 3. The smallest absolute Gasteiger partial charge is 0.306 e. The Bertz CT molecular complexity index is 1290. The van der Waals surface area contributed by atoms with Gasteiger partial charge < -0.3 is 14.2 Å². The second-order valence-electron chi connectivity index (χ2n) is 24.9. The fourth-order valence-electron chi connectivity index (χ4n) is 11.3. The Kier molecular flexibility index (Phi) is 67.6. The second-order valence-corrected chi connectivity index (χ2v) is 24.9. The lowest BCUT2D eigenvalue weighted by atomic mass is 10.0. The van der Waals surface area contributed by atoms with Gasteiger partial charge >= 0.3 is 17.9 Å². The van der Waals surface area contributed by atoms with Crippen molar-refractivity contribution in [3.05, 3.63) is 24.3 Å². The number of unbranched alkanes of at least 4 members (excludes halogenated alkanes) is 53. The largest absolute Gasteiger partial charge is 0.462 e. The zero-order valence-electron chi connectivity index (χ0n) is 54.4. The van der Waals surface area contributed by atoms with Gasteiger partial charge in [0.15, 0.2) is 6.10 Å². The Hall–Kier alpha value is -2.11. The Morgan fingerprint density at radius 2 is 0.475 bits per heavy atom. The molecular formula is C74H140O6. The number of carbonyl (C=O) groups excluding carboxylic acids is 3. The zero-order valence-corrected chi connectivity index (χ0v) is 54.4. The fourth-order valence-corrected chi connectivity index (χ4v) is 11.3. The van der Waals surface area contributed by atoms with E-state index in [0.717, 1.165) is 83.5 Å². The molecule has 0 saturated carbocycles. The maximum absolute atomic E-state index is 13.0. The molecule has 0 radical (unpaired) electrons. The molecule has 0 heterocycles. The average Bonchev–Trinajstić information content (AvgIpc) is 3.46. The van der Waals surface area contributed by atoms with Crippen molar-refractivity contribution in [2.45, 2.75) is 419 Å². The van der Waals surface area contributed by atoms with E-state index >= 15 is 0 Å². The maximum Gasteiger partial charge on any atom is 0.306 e. The maximum atomic E-state index is 13.0. The molecule has 472 valence electrons. The molecule has 1 unspecified atom stereocenters. The Morgan fingerprint density at radius 3 is 0.738 bits per heavy atom. The Labute approximate surface area is 500 Å². The normalized spacial score (nSPS) is 12.1. The molecule has 0 aliphatic heterocycles. The highest BCUT2D eigenvalue weighted by Gasteiger charge is 2.19. The number of allylic oxidation sites excluding steroid dienone is 4. The van der Waals surface area contributed by atoms with Gasteiger partial charge in [-0.15, -0.1) is 0 Å². The summed E-state index contributed by atoms with van der Waals surface area (Å²) in [5.74, 6) is -0.851. The molecule has 0 amide bonds. The van der Waals surface area contributed by atoms with Crippen molar-refractivity contribution in [3.63, 3.8) is 0 Å². The molecule has 0 aromatic heterocycles. The van der Waals surface area contributed by atoms with Gasteiger partial charge in [0.05, 0.1) is 0 Å². The minimum atomic E-state index is -0.774. The zero-order chi connectivity index (χ0) is 57.8. The van der Waals surface area contributed by atoms with E-state index in [1.165, 1.54) is 289 Å². The lowest BCUT2D eigenvalue weighted by Crippen LogP contribution is -2.30. The summed E-state index contributed by atoms with van der Waals surface area (Å²) >= 11 is 0. The summed E-state index contributed by atoms with van der Waals surface area (Å²) in [7, 11) is 0. The lowest BCUT2D eigenvalue weighted by molar-refractivity contribution is -0.167. The van der Waals surface area contributed by atoms with Crippen molar-refractivity contribution in [1.29, 1.82) is 0 Å². The van der Waals surface area contributed by atoms with Crippen molar-refractivity contribution in [3.8, 4) is 0 Å². The lowest BCUT2D eigenvalue weighted by Gasteiger charge is -2.18. The van der Waals surface area contributed by atoms with Crippen LogP contribution in [0.4, 0.5) is 0 Å². The van der Waals surface area contributed by atoms with Crippen LogP contribution in [0.5, 0.6) is 0 Å². The molecule has 0 aromatic carbocycles. The predicted molar refractivity (Wildman–Crippen MR) is 349 cm³/mol. The Morgan fingerprint density at radius 1 is 0.250 bits per heavy atom. The van der Waals surface area contributed by atoms with Gasteiger partial charge in [0.25, 0.3) is 0 Å². The predicted octanol–water partition coefficient (Wildman–Crippen LogP) is 25.0. The third kappa shape index (κ3) is 66.7. The molecule has 0 fully saturated rings. The summed E-state index contributed by atoms with van der Waals surface area (Å²) in [4.78, 5) is 38.4. The summed E-state index contributed by atoms with van der Waals surface area (Å²) in [5.41, 5.74) is 0. The van der Waals surface area contributed by atoms with Crippen LogP contribution in [-0.4, -0.2) is 37.2 Å². The molecule has 80 heavy (non-hydrogen) atoms. The molecule has 0 spiro atoms. The molecule has 0 aliphatic rings. The first-order chi connectivity index (χ1) is 39.5. The molecule has 6 nitrogen and oxygen atoms in total. The van der Waals surface area contributed by atoms with Crippen molar-refractivity contribution < 1.29 is 28.6 Å². The van der Waals surface area contributed by atoms with Crippen LogP contribution in [-0.2, 0) is 28.6 Å². The summed E-state index contributed by atoms with van der Waals surface area (Å²) in [6.45, 7) is 6.65. The highest BCUT2D eigenvalue weighted by molar-refractivity contribution is 5.71. The first-order valence-corrected chi connectivity index (χ1v) is 36.3. The van der Waals surface area contributed by atoms with Gasteiger partial charge in [-0.25, -0.2) is 0 Å². The van der Waals surface area contributed by atoms with Crippen LogP contribution >= 0.6 is 0 Å². The van der Waals surface area contributed by atoms with Crippen LogP contribution in [0.3, 0.4) is 0 Å². The fraction of sp³-hybridized carbons (Fsp3) is 0.905. The van der Waals surface area contributed by atoms with Gasteiger partial charge in [0, 0.05) is 19.3 Å². The van der Waals surface area contributed by atoms with Crippen molar-refractivity contribution in [2.24, 2.45) is 0 Å². The van der Waals surface area contributed by atoms with E-state index in [-0.39, 0.29) is 31.1 Å². The molecule has 6 heteroatoms. The summed E-state index contributed by atoms with van der Waals surface area (Å²) in [6, 6.07) is 0. The van der Waals surface area contributed by atoms with Crippen LogP contribution in [0.1, 0.15) is 412 Å². The minimum Gasteiger partial charge on any atom is -0.462 e. The Balaban J connectivity index is 4.18. The molecular weight excluding hydrogens is 985 g/mol. The van der Waals surface area contributed by atoms with Crippen LogP contribution in [0, 0.1) is 0 Å². The first-order valence-electron chi connectivity index (χ1n) is 36.3. The number of esters is 3. The van der Waals surface area contributed by atoms with Gasteiger partial charge in [0.1, 0.15) is 13.2 Å². The van der Waals surface area contributed by atoms with E-state index in [1.54, 1.807) is 0 Å². The van der Waals surface area contributed by atoms with E-state index in [0.29, 0.717) is 19.3 Å². The number of hydrogen-bond acceptors (Lipinski definition) is 6. The van der Waals surface area contributed by atoms with Crippen molar-refractivity contribution in [1.82, 2.24) is 0 Å². The molecule has 0 rings (SSSR count). The standard InChI is InChI=1S/C74H140O6/c1-4-7-10-13-16-19-22-25-27-29-31-33-35-36-37-38-39-41-42-44-46-49-52-55-58-61-64-67-73(76)79-70-71(69-78-72(75)66-63-60-57-54-51-48-24-21-18-15-12-9-6-3)80-74(77)68-65-62-59-56-53-50-47-45-43-40-34-32-30-28-26-23-20-17-14-11-8-5-2/h12,15,21,24,71H,4-11,13-14,16-20,22-23,25-70H2,1-3H3/b15-12-,24-21-. The minimum absolute atomic E-state index is 0.0693. The van der Waals surface area contributed by atoms with Gasteiger partial charge in [-0.3, -0.25) is 14.4 Å². The van der Waals surface area contributed by atoms with Crippen LogP contribution in [0.2, 0.25) is 0 Å². The molecule has 0 bridgehead atoms. The molecule has 0 saturated heterocycles. The van der Waals surface area contributed by atoms with Crippen LogP contribution < -0.4 is 0 Å². The first kappa shape index (κ1) is 77.9. The van der Waals surface area contributed by atoms with Crippen LogP contribution in [0.25, 0.3) is 0 Å². The molecule has 0 aromatic rings.